The van der Waals surface area contributed by atoms with E-state index in [1.54, 1.807) is 11.3 Å². The highest BCUT2D eigenvalue weighted by atomic mass is 32.1. The van der Waals surface area contributed by atoms with Gasteiger partial charge in [0.25, 0.3) is 0 Å². The van der Waals surface area contributed by atoms with Crippen molar-refractivity contribution < 1.29 is 24.1 Å². The van der Waals surface area contributed by atoms with E-state index in [-0.39, 0.29) is 24.8 Å². The van der Waals surface area contributed by atoms with E-state index in [0.29, 0.717) is 19.3 Å². The molecule has 2 heterocycles. The minimum atomic E-state index is -0.665. The molecule has 1 aromatic heterocycles. The third-order valence-electron chi connectivity index (χ3n) is 4.63. The minimum Gasteiger partial charge on any atom is -0.469 e. The Hall–Kier alpha value is -1.73. The third-order valence-corrected chi connectivity index (χ3v) is 5.80. The molecule has 5 nitrogen and oxygen atoms in total. The number of fused-ring (bicyclic) bond motifs is 1. The van der Waals surface area contributed by atoms with Crippen molar-refractivity contribution in [1.82, 2.24) is 0 Å². The van der Waals surface area contributed by atoms with Gasteiger partial charge in [-0.05, 0) is 38.3 Å². The normalized spacial score (nSPS) is 21.9. The molecule has 2 atom stereocenters. The highest BCUT2D eigenvalue weighted by molar-refractivity contribution is 7.19. The van der Waals surface area contributed by atoms with Gasteiger partial charge in [-0.2, -0.15) is 0 Å². The van der Waals surface area contributed by atoms with Gasteiger partial charge in [0, 0.05) is 21.4 Å². The quantitative estimate of drug-likeness (QED) is 0.715. The summed E-state index contributed by atoms with van der Waals surface area (Å²) in [7, 11) is 1.40. The van der Waals surface area contributed by atoms with Crippen LogP contribution >= 0.6 is 11.3 Å². The summed E-state index contributed by atoms with van der Waals surface area (Å²) < 4.78 is 17.9. The highest BCUT2D eigenvalue weighted by Gasteiger charge is 2.39. The number of rotatable bonds is 7. The van der Waals surface area contributed by atoms with Crippen LogP contribution in [0, 0.1) is 0 Å². The standard InChI is InChI=1S/C21H26O5S/c1-21(2)25-16(8-6-10-20(23)24-3)17(26-21)12-11-15-14-7-4-5-9-18(14)27-19(15)13-22/h4-5,7,9,11-12,16-17,22H,6,8,10,13H2,1-3H3/b12-11+/t16-,17+/m0/s1. The largest absolute Gasteiger partial charge is 0.469 e. The zero-order valence-electron chi connectivity index (χ0n) is 15.9. The Morgan fingerprint density at radius 3 is 2.85 bits per heavy atom. The van der Waals surface area contributed by atoms with Crippen molar-refractivity contribution in [2.75, 3.05) is 7.11 Å². The van der Waals surface area contributed by atoms with Crippen molar-refractivity contribution in [2.24, 2.45) is 0 Å². The van der Waals surface area contributed by atoms with Crippen LogP contribution < -0.4 is 0 Å². The van der Waals surface area contributed by atoms with E-state index in [1.807, 2.05) is 38.1 Å². The van der Waals surface area contributed by atoms with Crippen LogP contribution in [0.25, 0.3) is 16.2 Å². The number of carbonyl (C=O) groups is 1. The lowest BCUT2D eigenvalue weighted by Gasteiger charge is -2.16. The van der Waals surface area contributed by atoms with E-state index < -0.39 is 5.79 Å². The van der Waals surface area contributed by atoms with Gasteiger partial charge in [0.2, 0.25) is 0 Å². The number of thiophene rings is 1. The van der Waals surface area contributed by atoms with Gasteiger partial charge in [-0.25, -0.2) is 0 Å². The molecule has 0 amide bonds. The predicted octanol–water partition coefficient (Wildman–Crippen LogP) is 4.27. The molecular weight excluding hydrogens is 364 g/mol. The molecule has 1 saturated heterocycles. The zero-order valence-corrected chi connectivity index (χ0v) is 16.8. The number of methoxy groups -OCH3 is 1. The van der Waals surface area contributed by atoms with Crippen molar-refractivity contribution in [3.8, 4) is 0 Å². The lowest BCUT2D eigenvalue weighted by Crippen LogP contribution is -2.21. The molecule has 0 radical (unpaired) electrons. The molecule has 1 aliphatic rings. The van der Waals surface area contributed by atoms with Crippen LogP contribution in [0.3, 0.4) is 0 Å². The van der Waals surface area contributed by atoms with Gasteiger partial charge < -0.3 is 19.3 Å². The molecule has 1 fully saturated rings. The Labute approximate surface area is 163 Å². The van der Waals surface area contributed by atoms with Crippen LogP contribution in [-0.4, -0.2) is 36.2 Å². The van der Waals surface area contributed by atoms with E-state index in [4.69, 9.17) is 14.2 Å². The summed E-state index contributed by atoms with van der Waals surface area (Å²) in [4.78, 5) is 12.3. The molecule has 0 aliphatic carbocycles. The van der Waals surface area contributed by atoms with E-state index >= 15 is 0 Å². The van der Waals surface area contributed by atoms with Gasteiger partial charge in [-0.3, -0.25) is 4.79 Å². The summed E-state index contributed by atoms with van der Waals surface area (Å²) in [6, 6.07) is 8.13. The van der Waals surface area contributed by atoms with Crippen LogP contribution in [0.5, 0.6) is 0 Å². The molecule has 2 aromatic rings. The molecule has 1 aliphatic heterocycles. The lowest BCUT2D eigenvalue weighted by atomic mass is 10.0. The number of esters is 1. The zero-order chi connectivity index (χ0) is 19.4. The average Bonchev–Trinajstić information content (AvgIpc) is 3.15. The fraction of sp³-hybridized carbons (Fsp3) is 0.476. The van der Waals surface area contributed by atoms with E-state index in [2.05, 4.69) is 12.1 Å². The van der Waals surface area contributed by atoms with E-state index in [9.17, 15) is 9.90 Å². The van der Waals surface area contributed by atoms with Crippen LogP contribution in [0.2, 0.25) is 0 Å². The van der Waals surface area contributed by atoms with Crippen molar-refractivity contribution in [3.63, 3.8) is 0 Å². The number of benzene rings is 1. The summed E-state index contributed by atoms with van der Waals surface area (Å²) >= 11 is 1.60. The maximum Gasteiger partial charge on any atom is 0.305 e. The molecule has 146 valence electrons. The Balaban J connectivity index is 1.77. The molecule has 3 rings (SSSR count). The molecular formula is C21H26O5S. The maximum atomic E-state index is 11.3. The topological polar surface area (TPSA) is 65.0 Å². The first-order valence-corrected chi connectivity index (χ1v) is 9.97. The SMILES string of the molecule is COC(=O)CCC[C@@H]1OC(C)(C)O[C@@H]1/C=C/c1c(CO)sc2ccccc12. The monoisotopic (exact) mass is 390 g/mol. The van der Waals surface area contributed by atoms with Crippen molar-refractivity contribution in [2.45, 2.75) is 57.7 Å². The van der Waals surface area contributed by atoms with Crippen LogP contribution in [0.4, 0.5) is 0 Å². The van der Waals surface area contributed by atoms with Gasteiger partial charge in [-0.15, -0.1) is 11.3 Å². The van der Waals surface area contributed by atoms with Gasteiger partial charge in [-0.1, -0.05) is 30.4 Å². The number of carbonyl (C=O) groups excluding carboxylic acids is 1. The van der Waals surface area contributed by atoms with Crippen LogP contribution in [0.15, 0.2) is 30.3 Å². The molecule has 1 aromatic carbocycles. The molecule has 0 saturated carbocycles. The third kappa shape index (κ3) is 4.76. The number of aliphatic hydroxyl groups excluding tert-OH is 1. The van der Waals surface area contributed by atoms with Gasteiger partial charge in [0.1, 0.15) is 6.10 Å². The summed E-state index contributed by atoms with van der Waals surface area (Å²) in [5.41, 5.74) is 1.03. The van der Waals surface area contributed by atoms with Gasteiger partial charge in [0.05, 0.1) is 19.8 Å². The van der Waals surface area contributed by atoms with Gasteiger partial charge >= 0.3 is 5.97 Å². The molecule has 0 spiro atoms. The highest BCUT2D eigenvalue weighted by Crippen LogP contribution is 2.35. The molecule has 1 N–H and O–H groups in total. The first-order chi connectivity index (χ1) is 12.9. The molecule has 27 heavy (non-hydrogen) atoms. The number of aliphatic hydroxyl groups is 1. The summed E-state index contributed by atoms with van der Waals surface area (Å²) in [6.45, 7) is 3.80. The van der Waals surface area contributed by atoms with Crippen molar-refractivity contribution >= 4 is 33.5 Å². The van der Waals surface area contributed by atoms with Crippen molar-refractivity contribution in [3.05, 3.63) is 40.8 Å². The molecule has 0 unspecified atom stereocenters. The van der Waals surface area contributed by atoms with Crippen molar-refractivity contribution in [1.29, 1.82) is 0 Å². The first kappa shape index (κ1) is 20.0. The second-order valence-corrected chi connectivity index (χ2v) is 8.20. The lowest BCUT2D eigenvalue weighted by molar-refractivity contribution is -0.144. The fourth-order valence-electron chi connectivity index (χ4n) is 3.41. The molecule has 6 heteroatoms. The Bertz CT molecular complexity index is 823. The number of hydrogen-bond acceptors (Lipinski definition) is 6. The van der Waals surface area contributed by atoms with E-state index in [1.165, 1.54) is 7.11 Å². The first-order valence-electron chi connectivity index (χ1n) is 9.15. The number of ether oxygens (including phenoxy) is 3. The predicted molar refractivity (Wildman–Crippen MR) is 106 cm³/mol. The Morgan fingerprint density at radius 1 is 1.33 bits per heavy atom. The van der Waals surface area contributed by atoms with E-state index in [0.717, 1.165) is 20.5 Å². The van der Waals surface area contributed by atoms with Crippen LogP contribution in [0.1, 0.15) is 43.6 Å². The summed E-state index contributed by atoms with van der Waals surface area (Å²) in [6.07, 6.45) is 5.47. The smallest absolute Gasteiger partial charge is 0.305 e. The maximum absolute atomic E-state index is 11.3. The fourth-order valence-corrected chi connectivity index (χ4v) is 4.46. The second-order valence-electron chi connectivity index (χ2n) is 7.06. The Kier molecular flexibility index (Phi) is 6.32. The Morgan fingerprint density at radius 2 is 2.11 bits per heavy atom. The number of hydrogen-bond donors (Lipinski definition) is 1. The minimum absolute atomic E-state index is 0.00902. The second kappa shape index (κ2) is 8.52. The summed E-state index contributed by atoms with van der Waals surface area (Å²) in [5, 5.41) is 10.8. The average molecular weight is 391 g/mol. The van der Waals surface area contributed by atoms with Crippen LogP contribution in [-0.2, 0) is 25.6 Å². The summed E-state index contributed by atoms with van der Waals surface area (Å²) in [5.74, 6) is -0.876. The molecule has 0 bridgehead atoms. The van der Waals surface area contributed by atoms with Gasteiger partial charge in [0.15, 0.2) is 5.79 Å².